The van der Waals surface area contributed by atoms with Gasteiger partial charge in [0.25, 0.3) is 5.56 Å². The second-order valence-corrected chi connectivity index (χ2v) is 10.2. The zero-order valence-corrected chi connectivity index (χ0v) is 21.7. The fraction of sp³-hybridized carbons (Fsp3) is 0. The van der Waals surface area contributed by atoms with Crippen molar-refractivity contribution in [2.45, 2.75) is 0 Å². The van der Waals surface area contributed by atoms with Crippen LogP contribution in [0.25, 0.3) is 77.2 Å². The van der Waals surface area contributed by atoms with E-state index in [9.17, 15) is 4.79 Å². The summed E-state index contributed by atoms with van der Waals surface area (Å²) >= 11 is 0. The molecular formula is C35H20N4O2. The van der Waals surface area contributed by atoms with Crippen molar-refractivity contribution >= 4 is 65.6 Å². The minimum atomic E-state index is -0.151. The molecule has 6 heteroatoms. The molecule has 0 fully saturated rings. The number of furan rings is 1. The topological polar surface area (TPSA) is 65.8 Å². The molecule has 0 amide bonds. The Kier molecular flexibility index (Phi) is 4.38. The molecule has 0 atom stereocenters. The van der Waals surface area contributed by atoms with E-state index < -0.39 is 0 Å². The fourth-order valence-electron chi connectivity index (χ4n) is 6.25. The van der Waals surface area contributed by atoms with Gasteiger partial charge in [-0.15, -0.1) is 0 Å². The third kappa shape index (κ3) is 2.98. The molecule has 9 rings (SSSR count). The summed E-state index contributed by atoms with van der Waals surface area (Å²) in [6.07, 6.45) is 1.67. The Bertz CT molecular complexity index is 2560. The number of fused-ring (bicyclic) bond motifs is 10. The Morgan fingerprint density at radius 3 is 2.07 bits per heavy atom. The maximum Gasteiger partial charge on any atom is 0.266 e. The van der Waals surface area contributed by atoms with E-state index in [-0.39, 0.29) is 5.56 Å². The lowest BCUT2D eigenvalue weighted by molar-refractivity contribution is 0.669. The van der Waals surface area contributed by atoms with Gasteiger partial charge in [0.1, 0.15) is 11.2 Å². The molecule has 0 aliphatic carbocycles. The van der Waals surface area contributed by atoms with Crippen molar-refractivity contribution in [2.24, 2.45) is 0 Å². The lowest BCUT2D eigenvalue weighted by Gasteiger charge is -2.14. The summed E-state index contributed by atoms with van der Waals surface area (Å²) in [6, 6.07) is 38.1. The van der Waals surface area contributed by atoms with Crippen molar-refractivity contribution < 1.29 is 4.42 Å². The Balaban J connectivity index is 1.44. The standard InChI is InChI=1S/C35H20N4O2/c40-34-26-20-36-35(37-32(26)24-13-5-8-16-28(24)38(34)21-10-2-1-3-11-21)39-27-15-7-4-12-22(27)23-18-19-30-31(33(23)39)25-14-6-9-17-29(25)41-30/h1-20H. The fourth-order valence-corrected chi connectivity index (χ4v) is 6.25. The summed E-state index contributed by atoms with van der Waals surface area (Å²) in [5.41, 5.74) is 5.68. The van der Waals surface area contributed by atoms with E-state index in [2.05, 4.69) is 28.8 Å². The van der Waals surface area contributed by atoms with Gasteiger partial charge in [0.05, 0.1) is 32.8 Å². The van der Waals surface area contributed by atoms with Gasteiger partial charge in [-0.1, -0.05) is 72.8 Å². The molecule has 0 spiro atoms. The predicted octanol–water partition coefficient (Wildman–Crippen LogP) is 7.93. The summed E-state index contributed by atoms with van der Waals surface area (Å²) in [7, 11) is 0. The van der Waals surface area contributed by atoms with Crippen LogP contribution < -0.4 is 5.56 Å². The van der Waals surface area contributed by atoms with Gasteiger partial charge in [-0.2, -0.15) is 0 Å². The van der Waals surface area contributed by atoms with E-state index in [1.165, 1.54) is 0 Å². The molecule has 0 saturated carbocycles. The highest BCUT2D eigenvalue weighted by atomic mass is 16.3. The molecule has 41 heavy (non-hydrogen) atoms. The van der Waals surface area contributed by atoms with Gasteiger partial charge in [0.2, 0.25) is 5.95 Å². The quantitative estimate of drug-likeness (QED) is 0.214. The molecule has 0 aliphatic heterocycles. The van der Waals surface area contributed by atoms with E-state index in [1.807, 2.05) is 91.0 Å². The van der Waals surface area contributed by atoms with Crippen molar-refractivity contribution in [1.29, 1.82) is 0 Å². The summed E-state index contributed by atoms with van der Waals surface area (Å²) < 4.78 is 10.1. The molecule has 0 saturated heterocycles. The van der Waals surface area contributed by atoms with Crippen molar-refractivity contribution in [1.82, 2.24) is 19.1 Å². The first kappa shape index (κ1) is 22.1. The molecule has 0 radical (unpaired) electrons. The first-order valence-electron chi connectivity index (χ1n) is 13.5. The second-order valence-electron chi connectivity index (χ2n) is 10.2. The molecule has 0 bridgehead atoms. The molecular weight excluding hydrogens is 508 g/mol. The highest BCUT2D eigenvalue weighted by Gasteiger charge is 2.21. The van der Waals surface area contributed by atoms with Crippen LogP contribution >= 0.6 is 0 Å². The summed E-state index contributed by atoms with van der Waals surface area (Å²) in [5, 5.41) is 5.59. The number of benzene rings is 5. The minimum absolute atomic E-state index is 0.151. The molecule has 4 heterocycles. The summed E-state index contributed by atoms with van der Waals surface area (Å²) in [4.78, 5) is 23.9. The van der Waals surface area contributed by atoms with Gasteiger partial charge in [-0.05, 0) is 42.5 Å². The number of hydrogen-bond acceptors (Lipinski definition) is 4. The first-order chi connectivity index (χ1) is 20.3. The predicted molar refractivity (Wildman–Crippen MR) is 164 cm³/mol. The molecule has 4 aromatic heterocycles. The van der Waals surface area contributed by atoms with Gasteiger partial charge >= 0.3 is 0 Å². The van der Waals surface area contributed by atoms with Crippen molar-refractivity contribution in [2.75, 3.05) is 0 Å². The molecule has 192 valence electrons. The molecule has 6 nitrogen and oxygen atoms in total. The van der Waals surface area contributed by atoms with Crippen molar-refractivity contribution in [3.63, 3.8) is 0 Å². The van der Waals surface area contributed by atoms with E-state index >= 15 is 0 Å². The number of rotatable bonds is 2. The maximum absolute atomic E-state index is 13.9. The number of para-hydroxylation sites is 4. The molecule has 9 aromatic rings. The molecule has 0 N–H and O–H groups in total. The van der Waals surface area contributed by atoms with Crippen molar-refractivity contribution in [3.8, 4) is 11.6 Å². The van der Waals surface area contributed by atoms with Crippen LogP contribution in [0.2, 0.25) is 0 Å². The lowest BCUT2D eigenvalue weighted by Crippen LogP contribution is -2.20. The van der Waals surface area contributed by atoms with Gasteiger partial charge in [-0.25, -0.2) is 9.97 Å². The molecule has 0 unspecified atom stereocenters. The Morgan fingerprint density at radius 1 is 0.561 bits per heavy atom. The van der Waals surface area contributed by atoms with E-state index in [1.54, 1.807) is 10.8 Å². The SMILES string of the molecule is O=c1c2cnc(-n3c4ccccc4c4ccc5oc6ccccc6c5c43)nc2c2ccccc2n1-c1ccccc1. The van der Waals surface area contributed by atoms with Crippen LogP contribution in [0.4, 0.5) is 0 Å². The largest absolute Gasteiger partial charge is 0.456 e. The van der Waals surface area contributed by atoms with E-state index in [0.717, 1.165) is 60.3 Å². The highest BCUT2D eigenvalue weighted by Crippen LogP contribution is 2.40. The van der Waals surface area contributed by atoms with Gasteiger partial charge in [0.15, 0.2) is 0 Å². The number of pyridine rings is 1. The average Bonchev–Trinajstić information content (AvgIpc) is 3.57. The highest BCUT2D eigenvalue weighted by molar-refractivity contribution is 6.24. The van der Waals surface area contributed by atoms with Gasteiger partial charge in [0, 0.05) is 33.4 Å². The van der Waals surface area contributed by atoms with Crippen LogP contribution in [0.15, 0.2) is 131 Å². The summed E-state index contributed by atoms with van der Waals surface area (Å²) in [6.45, 7) is 0. The number of hydrogen-bond donors (Lipinski definition) is 0. The Hall–Kier alpha value is -5.75. The summed E-state index contributed by atoms with van der Waals surface area (Å²) in [5.74, 6) is 0.503. The average molecular weight is 529 g/mol. The third-order valence-electron chi connectivity index (χ3n) is 8.00. The van der Waals surface area contributed by atoms with E-state index in [0.29, 0.717) is 16.9 Å². The van der Waals surface area contributed by atoms with E-state index in [4.69, 9.17) is 14.4 Å². The van der Waals surface area contributed by atoms with Crippen LogP contribution in [0.1, 0.15) is 0 Å². The van der Waals surface area contributed by atoms with Gasteiger partial charge < -0.3 is 4.42 Å². The Labute approximate surface area is 232 Å². The third-order valence-corrected chi connectivity index (χ3v) is 8.00. The second kappa shape index (κ2) is 8.13. The molecule has 0 aliphatic rings. The number of aromatic nitrogens is 4. The Morgan fingerprint density at radius 2 is 1.24 bits per heavy atom. The van der Waals surface area contributed by atoms with Crippen LogP contribution in [-0.2, 0) is 0 Å². The lowest BCUT2D eigenvalue weighted by atomic mass is 10.1. The van der Waals surface area contributed by atoms with Crippen molar-refractivity contribution in [3.05, 3.63) is 132 Å². The van der Waals surface area contributed by atoms with Crippen LogP contribution in [0.5, 0.6) is 0 Å². The van der Waals surface area contributed by atoms with Crippen LogP contribution in [0, 0.1) is 0 Å². The monoisotopic (exact) mass is 528 g/mol. The first-order valence-corrected chi connectivity index (χ1v) is 13.5. The zero-order chi connectivity index (χ0) is 27.1. The van der Waals surface area contributed by atoms with Crippen LogP contribution in [0.3, 0.4) is 0 Å². The minimum Gasteiger partial charge on any atom is -0.456 e. The molecule has 5 aromatic carbocycles. The number of nitrogens with zero attached hydrogens (tertiary/aromatic N) is 4. The van der Waals surface area contributed by atoms with Gasteiger partial charge in [-0.3, -0.25) is 13.9 Å². The smallest absolute Gasteiger partial charge is 0.266 e. The maximum atomic E-state index is 13.9. The normalized spacial score (nSPS) is 12.0. The van der Waals surface area contributed by atoms with Crippen LogP contribution in [-0.4, -0.2) is 19.1 Å². The zero-order valence-electron chi connectivity index (χ0n) is 21.7.